The molecule has 1 aromatic heterocycles. The summed E-state index contributed by atoms with van der Waals surface area (Å²) in [6, 6.07) is 1.24. The molecule has 1 heterocycles. The van der Waals surface area contributed by atoms with E-state index >= 15 is 0 Å². The zero-order chi connectivity index (χ0) is 12.8. The normalized spacial score (nSPS) is 12.6. The van der Waals surface area contributed by atoms with Crippen molar-refractivity contribution in [2.24, 2.45) is 0 Å². The van der Waals surface area contributed by atoms with Gasteiger partial charge in [-0.15, -0.1) is 11.3 Å². The average Bonchev–Trinajstić information content (AvgIpc) is 2.57. The molecule has 0 saturated heterocycles. The van der Waals surface area contributed by atoms with Crippen LogP contribution >= 0.6 is 34.5 Å². The van der Waals surface area contributed by atoms with Crippen molar-refractivity contribution in [3.8, 4) is 0 Å². The van der Waals surface area contributed by atoms with E-state index in [1.807, 2.05) is 6.92 Å². The fourth-order valence-corrected chi connectivity index (χ4v) is 2.94. The average molecular weight is 296 g/mol. The van der Waals surface area contributed by atoms with Crippen LogP contribution in [0, 0.1) is 0 Å². The third kappa shape index (κ3) is 4.84. The van der Waals surface area contributed by atoms with Crippen LogP contribution < -0.4 is 5.32 Å². The maximum absolute atomic E-state index is 11.0. The summed E-state index contributed by atoms with van der Waals surface area (Å²) >= 11 is 13.1. The Morgan fingerprint density at radius 2 is 2.29 bits per heavy atom. The summed E-state index contributed by atoms with van der Waals surface area (Å²) in [5.74, 6) is -0.823. The highest BCUT2D eigenvalue weighted by atomic mass is 35.5. The number of hydrogen-bond donors (Lipinski definition) is 2. The minimum Gasteiger partial charge on any atom is -0.480 e. The molecule has 6 heteroatoms. The summed E-state index contributed by atoms with van der Waals surface area (Å²) in [6.07, 6.45) is 2.50. The Balaban J connectivity index is 2.51. The van der Waals surface area contributed by atoms with E-state index in [0.29, 0.717) is 21.6 Å². The van der Waals surface area contributed by atoms with Crippen LogP contribution in [-0.2, 0) is 11.3 Å². The summed E-state index contributed by atoms with van der Waals surface area (Å²) in [4.78, 5) is 11.0. The van der Waals surface area contributed by atoms with Gasteiger partial charge in [0.05, 0.1) is 8.67 Å². The van der Waals surface area contributed by atoms with Crippen molar-refractivity contribution in [3.05, 3.63) is 20.3 Å². The zero-order valence-corrected chi connectivity index (χ0v) is 11.8. The maximum Gasteiger partial charge on any atom is 0.320 e. The van der Waals surface area contributed by atoms with Gasteiger partial charge >= 0.3 is 5.97 Å². The first-order valence-corrected chi connectivity index (χ1v) is 7.01. The Kier molecular flexibility index (Phi) is 6.27. The van der Waals surface area contributed by atoms with E-state index in [0.717, 1.165) is 18.4 Å². The molecule has 0 spiro atoms. The van der Waals surface area contributed by atoms with Crippen LogP contribution in [-0.4, -0.2) is 17.1 Å². The molecule has 1 aromatic rings. The predicted molar refractivity (Wildman–Crippen MR) is 72.1 cm³/mol. The van der Waals surface area contributed by atoms with Crippen molar-refractivity contribution in [2.75, 3.05) is 0 Å². The molecule has 96 valence electrons. The lowest BCUT2D eigenvalue weighted by molar-refractivity contribution is -0.139. The highest BCUT2D eigenvalue weighted by molar-refractivity contribution is 7.20. The van der Waals surface area contributed by atoms with Gasteiger partial charge < -0.3 is 10.4 Å². The Hall–Kier alpha value is -0.290. The highest BCUT2D eigenvalue weighted by Gasteiger charge is 2.16. The van der Waals surface area contributed by atoms with Crippen molar-refractivity contribution in [2.45, 2.75) is 38.8 Å². The van der Waals surface area contributed by atoms with Crippen LogP contribution in [0.4, 0.5) is 0 Å². The second-order valence-corrected chi connectivity index (χ2v) is 6.05. The first-order valence-electron chi connectivity index (χ1n) is 5.44. The molecule has 1 atom stereocenters. The lowest BCUT2D eigenvalue weighted by atomic mass is 10.1. The molecule has 0 fully saturated rings. The number of aliphatic carboxylic acids is 1. The molecule has 1 rings (SSSR count). The van der Waals surface area contributed by atoms with Crippen LogP contribution in [0.15, 0.2) is 6.07 Å². The van der Waals surface area contributed by atoms with Crippen molar-refractivity contribution in [3.63, 3.8) is 0 Å². The molecule has 17 heavy (non-hydrogen) atoms. The maximum atomic E-state index is 11.0. The lowest BCUT2D eigenvalue weighted by Gasteiger charge is -2.13. The number of halogens is 2. The molecule has 0 bridgehead atoms. The molecule has 0 aliphatic heterocycles. The van der Waals surface area contributed by atoms with Crippen molar-refractivity contribution in [1.29, 1.82) is 0 Å². The largest absolute Gasteiger partial charge is 0.480 e. The van der Waals surface area contributed by atoms with Gasteiger partial charge in [0.25, 0.3) is 0 Å². The molecular weight excluding hydrogens is 281 g/mol. The van der Waals surface area contributed by atoms with Gasteiger partial charge in [-0.2, -0.15) is 0 Å². The molecule has 0 radical (unpaired) electrons. The van der Waals surface area contributed by atoms with Gasteiger partial charge in [-0.3, -0.25) is 4.79 Å². The van der Waals surface area contributed by atoms with E-state index in [9.17, 15) is 4.79 Å². The monoisotopic (exact) mass is 295 g/mol. The Morgan fingerprint density at radius 3 is 2.76 bits per heavy atom. The molecule has 0 saturated carbocycles. The summed E-state index contributed by atoms with van der Waals surface area (Å²) in [5, 5.41) is 12.0. The van der Waals surface area contributed by atoms with Gasteiger partial charge in [-0.25, -0.2) is 0 Å². The van der Waals surface area contributed by atoms with Gasteiger partial charge in [0.2, 0.25) is 0 Å². The molecule has 0 amide bonds. The van der Waals surface area contributed by atoms with Crippen molar-refractivity contribution in [1.82, 2.24) is 5.32 Å². The van der Waals surface area contributed by atoms with Crippen molar-refractivity contribution >= 4 is 40.5 Å². The SMILES string of the molecule is CCCC[C@H](NCc1cc(Cl)sc1Cl)C(=O)O. The third-order valence-corrected chi connectivity index (χ3v) is 3.98. The molecular formula is C11H15Cl2NO2S. The molecule has 0 unspecified atom stereocenters. The molecule has 0 aliphatic carbocycles. The number of carboxylic acid groups (broad SMARTS) is 1. The number of nitrogens with one attached hydrogen (secondary N) is 1. The van der Waals surface area contributed by atoms with Crippen LogP contribution in [0.2, 0.25) is 8.67 Å². The van der Waals surface area contributed by atoms with Crippen molar-refractivity contribution < 1.29 is 9.90 Å². The molecule has 2 N–H and O–H groups in total. The Bertz CT molecular complexity index is 382. The first kappa shape index (κ1) is 14.8. The van der Waals surface area contributed by atoms with Gasteiger partial charge in [-0.05, 0) is 18.1 Å². The summed E-state index contributed by atoms with van der Waals surface area (Å²) in [6.45, 7) is 2.47. The minimum absolute atomic E-state index is 0.433. The van der Waals surface area contributed by atoms with Gasteiger partial charge in [0.1, 0.15) is 6.04 Å². The second kappa shape index (κ2) is 7.21. The number of carboxylic acids is 1. The van der Waals surface area contributed by atoms with E-state index in [4.69, 9.17) is 28.3 Å². The predicted octanol–water partition coefficient (Wildman–Crippen LogP) is 3.79. The molecule has 0 aliphatic rings. The topological polar surface area (TPSA) is 49.3 Å². The van der Waals surface area contributed by atoms with Gasteiger partial charge in [-0.1, -0.05) is 43.0 Å². The third-order valence-electron chi connectivity index (χ3n) is 2.41. The fourth-order valence-electron chi connectivity index (χ4n) is 1.45. The quantitative estimate of drug-likeness (QED) is 0.805. The van der Waals surface area contributed by atoms with E-state index in [1.54, 1.807) is 6.07 Å². The number of unbranched alkanes of at least 4 members (excludes halogenated alkanes) is 1. The Morgan fingerprint density at radius 1 is 1.59 bits per heavy atom. The van der Waals surface area contributed by atoms with E-state index in [-0.39, 0.29) is 0 Å². The van der Waals surface area contributed by atoms with Crippen LogP contribution in [0.25, 0.3) is 0 Å². The number of thiophene rings is 1. The van der Waals surface area contributed by atoms with Crippen LogP contribution in [0.3, 0.4) is 0 Å². The summed E-state index contributed by atoms with van der Waals surface area (Å²) in [7, 11) is 0. The highest BCUT2D eigenvalue weighted by Crippen LogP contribution is 2.31. The van der Waals surface area contributed by atoms with E-state index < -0.39 is 12.0 Å². The number of hydrogen-bond acceptors (Lipinski definition) is 3. The van der Waals surface area contributed by atoms with Crippen LogP contribution in [0.5, 0.6) is 0 Å². The number of rotatable bonds is 7. The van der Waals surface area contributed by atoms with E-state index in [2.05, 4.69) is 5.32 Å². The zero-order valence-electron chi connectivity index (χ0n) is 9.50. The standard InChI is InChI=1S/C11H15Cl2NO2S/c1-2-3-4-8(11(15)16)14-6-7-5-9(12)17-10(7)13/h5,8,14H,2-4,6H2,1H3,(H,15,16)/t8-/m0/s1. The Labute approximate surface area is 115 Å². The van der Waals surface area contributed by atoms with Gasteiger partial charge in [0.15, 0.2) is 0 Å². The molecule has 0 aromatic carbocycles. The summed E-state index contributed by atoms with van der Waals surface area (Å²) in [5.41, 5.74) is 0.851. The van der Waals surface area contributed by atoms with E-state index in [1.165, 1.54) is 11.3 Å². The molecule has 3 nitrogen and oxygen atoms in total. The summed E-state index contributed by atoms with van der Waals surface area (Å²) < 4.78 is 1.23. The number of carbonyl (C=O) groups is 1. The smallest absolute Gasteiger partial charge is 0.320 e. The van der Waals surface area contributed by atoms with Crippen LogP contribution in [0.1, 0.15) is 31.7 Å². The second-order valence-electron chi connectivity index (χ2n) is 3.76. The first-order chi connectivity index (χ1) is 8.04. The minimum atomic E-state index is -0.823. The lowest BCUT2D eigenvalue weighted by Crippen LogP contribution is -2.36. The fraction of sp³-hybridized carbons (Fsp3) is 0.545. The van der Waals surface area contributed by atoms with Gasteiger partial charge in [0, 0.05) is 6.54 Å².